The molecule has 0 bridgehead atoms. The van der Waals surface area contributed by atoms with Crippen molar-refractivity contribution in [3.05, 3.63) is 24.3 Å². The molecule has 0 spiro atoms. The summed E-state index contributed by atoms with van der Waals surface area (Å²) in [5.41, 5.74) is 0. The van der Waals surface area contributed by atoms with Gasteiger partial charge in [-0.2, -0.15) is 0 Å². The molecule has 8 heteroatoms. The minimum Gasteiger partial charge on any atom is -0.223 e. The van der Waals surface area contributed by atoms with Gasteiger partial charge in [-0.3, -0.25) is 0 Å². The largest absolute Gasteiger partial charge is 0.242 e. The number of hydrogen-bond acceptors (Lipinski definition) is 4. The lowest BCUT2D eigenvalue weighted by atomic mass is 10.4. The Morgan fingerprint density at radius 3 is 1.90 bits per heavy atom. The topological polar surface area (TPSA) is 71.5 Å². The SMILES string of the molecule is CC(CCCl)S(=O)(=O)c1ccc(S(=O)(=O)N(C)C)cc1. The van der Waals surface area contributed by atoms with E-state index in [9.17, 15) is 16.8 Å². The van der Waals surface area contributed by atoms with E-state index in [0.29, 0.717) is 6.42 Å². The summed E-state index contributed by atoms with van der Waals surface area (Å²) in [4.78, 5) is 0.166. The van der Waals surface area contributed by atoms with Crippen LogP contribution in [0.4, 0.5) is 0 Å². The maximum Gasteiger partial charge on any atom is 0.242 e. The number of rotatable bonds is 6. The zero-order valence-corrected chi connectivity index (χ0v) is 14.0. The van der Waals surface area contributed by atoms with Crippen LogP contribution in [0, 0.1) is 0 Å². The Morgan fingerprint density at radius 2 is 1.50 bits per heavy atom. The Hall–Kier alpha value is -0.630. The highest BCUT2D eigenvalue weighted by Crippen LogP contribution is 2.21. The van der Waals surface area contributed by atoms with Gasteiger partial charge in [-0.05, 0) is 37.6 Å². The molecule has 1 atom stereocenters. The first-order valence-corrected chi connectivity index (χ1v) is 9.48. The molecule has 0 aliphatic rings. The van der Waals surface area contributed by atoms with Crippen molar-refractivity contribution in [2.24, 2.45) is 0 Å². The van der Waals surface area contributed by atoms with E-state index in [-0.39, 0.29) is 15.7 Å². The molecule has 0 N–H and O–H groups in total. The average molecular weight is 340 g/mol. The minimum absolute atomic E-state index is 0.0615. The third-order valence-corrected chi connectivity index (χ3v) is 7.25. The van der Waals surface area contributed by atoms with Crippen LogP contribution in [0.1, 0.15) is 13.3 Å². The fourth-order valence-electron chi connectivity index (χ4n) is 1.55. The van der Waals surface area contributed by atoms with Crippen LogP contribution in [0.2, 0.25) is 0 Å². The number of alkyl halides is 1. The highest BCUT2D eigenvalue weighted by molar-refractivity contribution is 7.92. The highest BCUT2D eigenvalue weighted by atomic mass is 35.5. The van der Waals surface area contributed by atoms with Crippen LogP contribution in [-0.2, 0) is 19.9 Å². The highest BCUT2D eigenvalue weighted by Gasteiger charge is 2.24. The molecule has 1 rings (SSSR count). The van der Waals surface area contributed by atoms with Gasteiger partial charge in [0, 0.05) is 20.0 Å². The Morgan fingerprint density at radius 1 is 1.05 bits per heavy atom. The summed E-state index contributed by atoms with van der Waals surface area (Å²) in [7, 11) is -4.19. The van der Waals surface area contributed by atoms with Gasteiger partial charge in [0.25, 0.3) is 0 Å². The summed E-state index contributed by atoms with van der Waals surface area (Å²) in [6, 6.07) is 5.23. The molecule has 1 aromatic carbocycles. The lowest BCUT2D eigenvalue weighted by molar-refractivity contribution is 0.520. The molecular weight excluding hydrogens is 322 g/mol. The molecule has 0 saturated heterocycles. The molecule has 1 unspecified atom stereocenters. The molecule has 0 fully saturated rings. The van der Waals surface area contributed by atoms with E-state index in [1.807, 2.05) is 0 Å². The Bertz CT molecular complexity index is 651. The van der Waals surface area contributed by atoms with Crippen molar-refractivity contribution < 1.29 is 16.8 Å². The van der Waals surface area contributed by atoms with Crippen molar-refractivity contribution in [2.75, 3.05) is 20.0 Å². The molecule has 0 aliphatic carbocycles. The molecule has 0 amide bonds. The predicted molar refractivity (Wildman–Crippen MR) is 79.3 cm³/mol. The van der Waals surface area contributed by atoms with Crippen molar-refractivity contribution in [3.8, 4) is 0 Å². The lowest BCUT2D eigenvalue weighted by Crippen LogP contribution is -2.22. The van der Waals surface area contributed by atoms with E-state index in [0.717, 1.165) is 4.31 Å². The minimum atomic E-state index is -3.55. The molecule has 114 valence electrons. The molecule has 1 aromatic rings. The summed E-state index contributed by atoms with van der Waals surface area (Å²) in [6.45, 7) is 1.59. The molecule has 0 saturated carbocycles. The van der Waals surface area contributed by atoms with Gasteiger partial charge in [0.05, 0.1) is 15.0 Å². The third kappa shape index (κ3) is 3.52. The van der Waals surface area contributed by atoms with Gasteiger partial charge < -0.3 is 0 Å². The molecule has 20 heavy (non-hydrogen) atoms. The van der Waals surface area contributed by atoms with Gasteiger partial charge in [0.2, 0.25) is 10.0 Å². The molecule has 0 aliphatic heterocycles. The van der Waals surface area contributed by atoms with E-state index in [1.54, 1.807) is 6.92 Å². The second kappa shape index (κ2) is 6.43. The molecule has 0 aromatic heterocycles. The zero-order valence-electron chi connectivity index (χ0n) is 11.6. The van der Waals surface area contributed by atoms with Crippen LogP contribution >= 0.6 is 11.6 Å². The van der Waals surface area contributed by atoms with Crippen LogP contribution in [0.5, 0.6) is 0 Å². The zero-order chi connectivity index (χ0) is 15.6. The van der Waals surface area contributed by atoms with Gasteiger partial charge >= 0.3 is 0 Å². The van der Waals surface area contributed by atoms with Gasteiger partial charge in [-0.15, -0.1) is 11.6 Å². The second-order valence-corrected chi connectivity index (χ2v) is 9.49. The average Bonchev–Trinajstić information content (AvgIpc) is 2.38. The molecule has 0 radical (unpaired) electrons. The second-order valence-electron chi connectivity index (χ2n) is 4.59. The number of sulfone groups is 1. The summed E-state index contributed by atoms with van der Waals surface area (Å²) in [6.07, 6.45) is 0.349. The lowest BCUT2D eigenvalue weighted by Gasteiger charge is -2.14. The number of sulfonamides is 1. The van der Waals surface area contributed by atoms with E-state index in [2.05, 4.69) is 0 Å². The van der Waals surface area contributed by atoms with Crippen molar-refractivity contribution >= 4 is 31.5 Å². The van der Waals surface area contributed by atoms with Gasteiger partial charge in [0.1, 0.15) is 0 Å². The Kier molecular flexibility index (Phi) is 5.60. The maximum absolute atomic E-state index is 12.2. The summed E-state index contributed by atoms with van der Waals surface area (Å²) in [5, 5.41) is -0.601. The monoisotopic (exact) mass is 339 g/mol. The van der Waals surface area contributed by atoms with Crippen LogP contribution in [0.3, 0.4) is 0 Å². The first-order chi connectivity index (χ1) is 9.14. The Labute approximate surface area is 125 Å². The number of nitrogens with zero attached hydrogens (tertiary/aromatic N) is 1. The summed E-state index contributed by atoms with van der Waals surface area (Å²) in [5.74, 6) is 0.257. The molecular formula is C12H18ClNO4S2. The quantitative estimate of drug-likeness (QED) is 0.740. The number of halogens is 1. The summed E-state index contributed by atoms with van der Waals surface area (Å²) >= 11 is 5.56. The van der Waals surface area contributed by atoms with Crippen LogP contribution in [0.25, 0.3) is 0 Å². The standard InChI is InChI=1S/C12H18ClNO4S2/c1-10(8-9-13)19(15,16)11-4-6-12(7-5-11)20(17,18)14(2)3/h4-7,10H,8-9H2,1-3H3. The fraction of sp³-hybridized carbons (Fsp3) is 0.500. The molecule has 5 nitrogen and oxygen atoms in total. The van der Waals surface area contributed by atoms with Crippen molar-refractivity contribution in [1.29, 1.82) is 0 Å². The number of hydrogen-bond donors (Lipinski definition) is 0. The van der Waals surface area contributed by atoms with E-state index < -0.39 is 25.1 Å². The first kappa shape index (κ1) is 17.4. The number of benzene rings is 1. The van der Waals surface area contributed by atoms with Crippen LogP contribution in [0.15, 0.2) is 34.1 Å². The van der Waals surface area contributed by atoms with E-state index in [4.69, 9.17) is 11.6 Å². The smallest absolute Gasteiger partial charge is 0.223 e. The van der Waals surface area contributed by atoms with Crippen LogP contribution < -0.4 is 0 Å². The van der Waals surface area contributed by atoms with Crippen LogP contribution in [-0.4, -0.2) is 46.4 Å². The van der Waals surface area contributed by atoms with E-state index in [1.165, 1.54) is 38.4 Å². The van der Waals surface area contributed by atoms with Crippen molar-refractivity contribution in [2.45, 2.75) is 28.4 Å². The fourth-order valence-corrected chi connectivity index (χ4v) is 4.32. The normalized spacial score (nSPS) is 14.4. The first-order valence-electron chi connectivity index (χ1n) is 5.96. The van der Waals surface area contributed by atoms with Gasteiger partial charge in [-0.25, -0.2) is 21.1 Å². The predicted octanol–water partition coefficient (Wildman–Crippen LogP) is 1.73. The van der Waals surface area contributed by atoms with Crippen molar-refractivity contribution in [3.63, 3.8) is 0 Å². The Balaban J connectivity index is 3.16. The molecule has 0 heterocycles. The van der Waals surface area contributed by atoms with Crippen molar-refractivity contribution in [1.82, 2.24) is 4.31 Å². The van der Waals surface area contributed by atoms with Gasteiger partial charge in [-0.1, -0.05) is 0 Å². The summed E-state index contributed by atoms with van der Waals surface area (Å²) < 4.78 is 49.2. The van der Waals surface area contributed by atoms with E-state index >= 15 is 0 Å². The maximum atomic E-state index is 12.2. The third-order valence-electron chi connectivity index (χ3n) is 2.98. The van der Waals surface area contributed by atoms with Gasteiger partial charge in [0.15, 0.2) is 9.84 Å².